The van der Waals surface area contributed by atoms with E-state index in [0.717, 1.165) is 51.1 Å². The van der Waals surface area contributed by atoms with Gasteiger partial charge in [-0.05, 0) is 31.4 Å². The first-order valence-corrected chi connectivity index (χ1v) is 10.3. The lowest BCUT2D eigenvalue weighted by Gasteiger charge is -2.42. The van der Waals surface area contributed by atoms with Crippen LogP contribution in [-0.2, 0) is 9.47 Å². The minimum atomic E-state index is -0.590. The Morgan fingerprint density at radius 2 is 1.79 bits per heavy atom. The number of fused-ring (bicyclic) bond motifs is 1. The van der Waals surface area contributed by atoms with E-state index >= 15 is 0 Å². The van der Waals surface area contributed by atoms with Crippen molar-refractivity contribution in [3.63, 3.8) is 0 Å². The molecule has 2 aromatic rings. The zero-order valence-electron chi connectivity index (χ0n) is 16.9. The average molecular weight is 400 g/mol. The second-order valence-electron chi connectivity index (χ2n) is 8.07. The number of hydrogen-bond donors (Lipinski definition) is 1. The molecule has 1 aromatic heterocycles. The van der Waals surface area contributed by atoms with Gasteiger partial charge in [-0.1, -0.05) is 18.2 Å². The number of para-hydroxylation sites is 1. The molecule has 156 valence electrons. The molecule has 0 radical (unpaired) electrons. The summed E-state index contributed by atoms with van der Waals surface area (Å²) in [5.41, 5.74) is 0.601. The summed E-state index contributed by atoms with van der Waals surface area (Å²) in [4.78, 5) is 27.8. The number of morpholine rings is 1. The maximum Gasteiger partial charge on any atom is 0.349 e. The van der Waals surface area contributed by atoms with Gasteiger partial charge in [0.1, 0.15) is 11.1 Å². The fourth-order valence-corrected chi connectivity index (χ4v) is 4.35. The Hall–Kier alpha value is -2.22. The molecule has 1 amide bonds. The van der Waals surface area contributed by atoms with Gasteiger partial charge < -0.3 is 19.2 Å². The summed E-state index contributed by atoms with van der Waals surface area (Å²) in [5, 5.41) is 3.82. The maximum atomic E-state index is 13.0. The minimum absolute atomic E-state index is 0.0593. The highest BCUT2D eigenvalue weighted by Gasteiger charge is 2.35. The van der Waals surface area contributed by atoms with Gasteiger partial charge in [0.05, 0.1) is 13.2 Å². The lowest BCUT2D eigenvalue weighted by Crippen LogP contribution is -2.51. The fraction of sp³-hybridized carbons (Fsp3) is 0.545. The Labute approximate surface area is 170 Å². The highest BCUT2D eigenvalue weighted by molar-refractivity contribution is 5.99. The van der Waals surface area contributed by atoms with Crippen molar-refractivity contribution in [2.45, 2.75) is 19.8 Å². The van der Waals surface area contributed by atoms with E-state index in [1.54, 1.807) is 13.0 Å². The van der Waals surface area contributed by atoms with Crippen molar-refractivity contribution in [2.75, 3.05) is 52.6 Å². The predicted octanol–water partition coefficient (Wildman–Crippen LogP) is 1.96. The molecular weight excluding hydrogens is 372 g/mol. The topological polar surface area (TPSA) is 81.0 Å². The molecule has 0 spiro atoms. The molecular formula is C22H28N2O5. The van der Waals surface area contributed by atoms with E-state index < -0.39 is 5.63 Å². The number of ether oxygens (including phenoxy) is 2. The third-order valence-electron chi connectivity index (χ3n) is 6.14. The Bertz CT molecular complexity index is 926. The Balaban J connectivity index is 1.52. The smallest absolute Gasteiger partial charge is 0.349 e. The van der Waals surface area contributed by atoms with Crippen molar-refractivity contribution in [3.05, 3.63) is 45.8 Å². The number of rotatable bonds is 5. The lowest BCUT2D eigenvalue weighted by atomic mass is 9.79. The maximum absolute atomic E-state index is 13.0. The van der Waals surface area contributed by atoms with Crippen LogP contribution in [0.2, 0.25) is 0 Å². The van der Waals surface area contributed by atoms with Gasteiger partial charge in [0.2, 0.25) is 0 Å². The van der Waals surface area contributed by atoms with Gasteiger partial charge in [-0.2, -0.15) is 0 Å². The zero-order chi connectivity index (χ0) is 20.3. The van der Waals surface area contributed by atoms with E-state index in [0.29, 0.717) is 30.9 Å². The van der Waals surface area contributed by atoms with Crippen molar-refractivity contribution >= 4 is 16.9 Å². The van der Waals surface area contributed by atoms with Crippen LogP contribution >= 0.6 is 0 Å². The molecule has 0 bridgehead atoms. The number of hydrogen-bond acceptors (Lipinski definition) is 6. The van der Waals surface area contributed by atoms with Gasteiger partial charge in [-0.25, -0.2) is 4.79 Å². The highest BCUT2D eigenvalue weighted by atomic mass is 16.5. The lowest BCUT2D eigenvalue weighted by molar-refractivity contribution is -0.0283. The molecule has 3 heterocycles. The van der Waals surface area contributed by atoms with Crippen LogP contribution < -0.4 is 10.9 Å². The van der Waals surface area contributed by atoms with Crippen molar-refractivity contribution < 1.29 is 18.7 Å². The van der Waals surface area contributed by atoms with Gasteiger partial charge in [0.15, 0.2) is 0 Å². The molecule has 2 saturated heterocycles. The van der Waals surface area contributed by atoms with Crippen LogP contribution in [-0.4, -0.2) is 63.4 Å². The first-order valence-electron chi connectivity index (χ1n) is 10.3. The number of nitrogens with one attached hydrogen (secondary N) is 1. The van der Waals surface area contributed by atoms with Crippen LogP contribution in [0.25, 0.3) is 11.0 Å². The number of aryl methyl sites for hydroxylation is 1. The molecule has 29 heavy (non-hydrogen) atoms. The SMILES string of the molecule is Cc1c(C(=O)NCC2(CN3CCOCC3)CCOCC2)c(=O)oc2ccccc12. The molecule has 1 aromatic carbocycles. The van der Waals surface area contributed by atoms with E-state index in [1.807, 2.05) is 18.2 Å². The molecule has 7 heteroatoms. The number of benzene rings is 1. The summed E-state index contributed by atoms with van der Waals surface area (Å²) >= 11 is 0. The summed E-state index contributed by atoms with van der Waals surface area (Å²) in [6.07, 6.45) is 1.77. The summed E-state index contributed by atoms with van der Waals surface area (Å²) in [6.45, 7) is 7.89. The first-order chi connectivity index (χ1) is 14.1. The Morgan fingerprint density at radius 1 is 1.10 bits per heavy atom. The molecule has 2 fully saturated rings. The minimum Gasteiger partial charge on any atom is -0.422 e. The van der Waals surface area contributed by atoms with Gasteiger partial charge in [0.25, 0.3) is 5.91 Å². The Morgan fingerprint density at radius 3 is 2.55 bits per heavy atom. The molecule has 0 aliphatic carbocycles. The standard InChI is InChI=1S/C22H28N2O5/c1-16-17-4-2-3-5-18(17)29-21(26)19(16)20(25)23-14-22(6-10-27-11-7-22)15-24-8-12-28-13-9-24/h2-5H,6-15H2,1H3,(H,23,25). The summed E-state index contributed by atoms with van der Waals surface area (Å²) < 4.78 is 16.4. The number of amides is 1. The van der Waals surface area contributed by atoms with Crippen LogP contribution in [0.1, 0.15) is 28.8 Å². The van der Waals surface area contributed by atoms with E-state index in [2.05, 4.69) is 10.2 Å². The normalized spacial score (nSPS) is 19.9. The third kappa shape index (κ3) is 4.37. The number of carbonyl (C=O) groups is 1. The molecule has 1 N–H and O–H groups in total. The van der Waals surface area contributed by atoms with Gasteiger partial charge in [-0.15, -0.1) is 0 Å². The highest BCUT2D eigenvalue weighted by Crippen LogP contribution is 2.31. The quantitative estimate of drug-likeness (QED) is 0.773. The van der Waals surface area contributed by atoms with Gasteiger partial charge in [0, 0.05) is 50.2 Å². The predicted molar refractivity (Wildman–Crippen MR) is 109 cm³/mol. The van der Waals surface area contributed by atoms with Crippen molar-refractivity contribution in [2.24, 2.45) is 5.41 Å². The van der Waals surface area contributed by atoms with Crippen LogP contribution in [0.4, 0.5) is 0 Å². The van der Waals surface area contributed by atoms with Crippen molar-refractivity contribution in [1.82, 2.24) is 10.2 Å². The average Bonchev–Trinajstić information content (AvgIpc) is 2.74. The van der Waals surface area contributed by atoms with Crippen LogP contribution in [0.15, 0.2) is 33.5 Å². The molecule has 7 nitrogen and oxygen atoms in total. The summed E-state index contributed by atoms with van der Waals surface area (Å²) in [5.74, 6) is -0.366. The second kappa shape index (κ2) is 8.65. The molecule has 0 unspecified atom stereocenters. The largest absolute Gasteiger partial charge is 0.422 e. The van der Waals surface area contributed by atoms with E-state index in [9.17, 15) is 9.59 Å². The molecule has 0 saturated carbocycles. The molecule has 2 aliphatic heterocycles. The second-order valence-corrected chi connectivity index (χ2v) is 8.07. The Kier molecular flexibility index (Phi) is 5.99. The summed E-state index contributed by atoms with van der Waals surface area (Å²) in [6, 6.07) is 7.29. The fourth-order valence-electron chi connectivity index (χ4n) is 4.35. The zero-order valence-corrected chi connectivity index (χ0v) is 16.9. The van der Waals surface area contributed by atoms with Crippen molar-refractivity contribution in [3.8, 4) is 0 Å². The van der Waals surface area contributed by atoms with E-state index in [1.165, 1.54) is 0 Å². The van der Waals surface area contributed by atoms with Gasteiger partial charge >= 0.3 is 5.63 Å². The van der Waals surface area contributed by atoms with Crippen molar-refractivity contribution in [1.29, 1.82) is 0 Å². The van der Waals surface area contributed by atoms with Gasteiger partial charge in [-0.3, -0.25) is 9.69 Å². The summed E-state index contributed by atoms with van der Waals surface area (Å²) in [7, 11) is 0. The number of carbonyl (C=O) groups excluding carboxylic acids is 1. The number of nitrogens with zero attached hydrogens (tertiary/aromatic N) is 1. The third-order valence-corrected chi connectivity index (χ3v) is 6.14. The van der Waals surface area contributed by atoms with E-state index in [-0.39, 0.29) is 16.9 Å². The first kappa shape index (κ1) is 20.1. The molecule has 0 atom stereocenters. The monoisotopic (exact) mass is 400 g/mol. The van der Waals surface area contributed by atoms with E-state index in [4.69, 9.17) is 13.9 Å². The van der Waals surface area contributed by atoms with Crippen LogP contribution in [0, 0.1) is 12.3 Å². The molecule has 4 rings (SSSR count). The molecule has 2 aliphatic rings. The van der Waals surface area contributed by atoms with Crippen LogP contribution in [0.3, 0.4) is 0 Å². The van der Waals surface area contributed by atoms with Crippen LogP contribution in [0.5, 0.6) is 0 Å².